The van der Waals surface area contributed by atoms with Gasteiger partial charge in [0.25, 0.3) is 5.97 Å². The predicted molar refractivity (Wildman–Crippen MR) is 168 cm³/mol. The topological polar surface area (TPSA) is 253 Å². The van der Waals surface area contributed by atoms with Crippen LogP contribution in [0.3, 0.4) is 0 Å². The second kappa shape index (κ2) is 13.5. The van der Waals surface area contributed by atoms with Crippen molar-refractivity contribution in [2.45, 2.75) is 75.5 Å². The van der Waals surface area contributed by atoms with Crippen LogP contribution >= 0.6 is 0 Å². The van der Waals surface area contributed by atoms with Crippen LogP contribution in [0.1, 0.15) is 50.5 Å². The van der Waals surface area contributed by atoms with Crippen LogP contribution in [0.25, 0.3) is 22.6 Å². The van der Waals surface area contributed by atoms with Gasteiger partial charge in [0.05, 0.1) is 29.8 Å². The molecule has 48 heavy (non-hydrogen) atoms. The van der Waals surface area contributed by atoms with E-state index in [0.29, 0.717) is 43.0 Å². The van der Waals surface area contributed by atoms with Crippen molar-refractivity contribution in [3.63, 3.8) is 0 Å². The highest BCUT2D eigenvalue weighted by Crippen LogP contribution is 2.32. The molecule has 8 N–H and O–H groups in total. The summed E-state index contributed by atoms with van der Waals surface area (Å²) in [7, 11) is 1.78. The third kappa shape index (κ3) is 7.92. The van der Waals surface area contributed by atoms with Gasteiger partial charge in [0.15, 0.2) is 5.82 Å². The minimum atomic E-state index is -3.17. The van der Waals surface area contributed by atoms with Gasteiger partial charge in [0, 0.05) is 49.8 Å². The number of nitrogens with one attached hydrogen (secondary N) is 2. The van der Waals surface area contributed by atoms with Gasteiger partial charge < -0.3 is 41.3 Å². The molecule has 18 nitrogen and oxygen atoms in total. The molecule has 0 saturated heterocycles. The van der Waals surface area contributed by atoms with Crippen LogP contribution in [0.15, 0.2) is 43.2 Å². The van der Waals surface area contributed by atoms with E-state index in [-0.39, 0.29) is 35.1 Å². The summed E-state index contributed by atoms with van der Waals surface area (Å²) in [5.41, 5.74) is 1.42. The predicted octanol–water partition coefficient (Wildman–Crippen LogP) is -0.0121. The van der Waals surface area contributed by atoms with Crippen molar-refractivity contribution in [3.8, 4) is 22.6 Å². The summed E-state index contributed by atoms with van der Waals surface area (Å²) >= 11 is 0. The molecule has 4 aromatic heterocycles. The lowest BCUT2D eigenvalue weighted by atomic mass is 9.85. The molecule has 18 heteroatoms. The van der Waals surface area contributed by atoms with Crippen molar-refractivity contribution in [2.24, 2.45) is 13.0 Å². The number of aryl methyl sites for hydroxylation is 1. The van der Waals surface area contributed by atoms with E-state index in [4.69, 9.17) is 0 Å². The normalized spacial score (nSPS) is 18.7. The largest absolute Gasteiger partial charge is 0.351 e. The zero-order valence-corrected chi connectivity index (χ0v) is 26.3. The van der Waals surface area contributed by atoms with E-state index in [1.54, 1.807) is 41.1 Å². The summed E-state index contributed by atoms with van der Waals surface area (Å²) in [5.74, 6) is -5.28. The second-order valence-corrected chi connectivity index (χ2v) is 12.4. The number of hydrogen-bond acceptors (Lipinski definition) is 14. The van der Waals surface area contributed by atoms with Gasteiger partial charge in [0.1, 0.15) is 17.9 Å². The van der Waals surface area contributed by atoms with Crippen molar-refractivity contribution < 1.29 is 35.4 Å². The number of carbonyl (C=O) groups is 1. The third-order valence-electron chi connectivity index (χ3n) is 8.68. The molecule has 4 heterocycles. The number of hydrogen-bond donors (Lipinski definition) is 8. The van der Waals surface area contributed by atoms with Crippen LogP contribution in [-0.2, 0) is 19.6 Å². The molecule has 0 spiro atoms. The van der Waals surface area contributed by atoms with E-state index in [1.807, 2.05) is 0 Å². The quantitative estimate of drug-likeness (QED) is 0.0981. The van der Waals surface area contributed by atoms with Gasteiger partial charge in [-0.1, -0.05) is 6.42 Å². The molecule has 0 bridgehead atoms. The van der Waals surface area contributed by atoms with E-state index >= 15 is 0 Å². The minimum Gasteiger partial charge on any atom is -0.351 e. The highest BCUT2D eigenvalue weighted by Gasteiger charge is 2.34. The zero-order valence-electron chi connectivity index (χ0n) is 26.3. The molecule has 0 aliphatic heterocycles. The molecule has 0 atom stereocenters. The number of aliphatic hydroxyl groups is 6. The van der Waals surface area contributed by atoms with Gasteiger partial charge in [-0.05, 0) is 50.5 Å². The number of rotatable bonds is 11. The number of carbonyl (C=O) groups excluding carboxylic acids is 1. The fraction of sp³-hybridized carbons (Fsp3) is 0.500. The number of anilines is 2. The summed E-state index contributed by atoms with van der Waals surface area (Å²) in [5, 5.41) is 72.3. The maximum absolute atomic E-state index is 13.3. The highest BCUT2D eigenvalue weighted by molar-refractivity contribution is 5.91. The highest BCUT2D eigenvalue weighted by atomic mass is 16.7. The van der Waals surface area contributed by atoms with Crippen LogP contribution in [-0.4, -0.2) is 101 Å². The smallest absolute Gasteiger partial charge is 0.323 e. The maximum Gasteiger partial charge on any atom is 0.323 e. The molecule has 2 saturated carbocycles. The molecule has 256 valence electrons. The summed E-state index contributed by atoms with van der Waals surface area (Å²) in [6, 6.07) is 0.523. The monoisotopic (exact) mass is 665 g/mol. The Morgan fingerprint density at radius 3 is 2.33 bits per heavy atom. The van der Waals surface area contributed by atoms with Gasteiger partial charge in [-0.15, -0.1) is 0 Å². The lowest BCUT2D eigenvalue weighted by molar-refractivity contribution is -0.323. The number of nitrogens with zero attached hydrogens (tertiary/aromatic N) is 9. The molecular formula is C30H39N11O7. The first-order valence-corrected chi connectivity index (χ1v) is 15.7. The molecule has 0 unspecified atom stereocenters. The molecule has 4 aromatic rings. The van der Waals surface area contributed by atoms with Crippen LogP contribution in [0.2, 0.25) is 0 Å². The Labute approximate surface area is 274 Å². The molecule has 2 aliphatic rings. The first kappa shape index (κ1) is 33.3. The lowest BCUT2D eigenvalue weighted by Crippen LogP contribution is -2.52. The van der Waals surface area contributed by atoms with Crippen LogP contribution in [0.5, 0.6) is 0 Å². The first-order chi connectivity index (χ1) is 22.8. The number of urea groups is 1. The third-order valence-corrected chi connectivity index (χ3v) is 8.68. The first-order valence-electron chi connectivity index (χ1n) is 15.7. The molecule has 2 fully saturated rings. The standard InChI is InChI=1S/C30H39N11O7/c1-39-16-19(11-35-39)24-13-32-25(14-31-24)41(28(42)34-17-29(43,44)45)21-7-5-20(6-8-21)36-27-33-12-22(30(46,47)48)26(37-27)23-9-10-40(38-23)15-18-3-2-4-18/h9-14,16,18,20-21,43-48H,2-8,15,17H2,1H3,(H,34,42)(H,33,36,37)/t20-,21-. The summed E-state index contributed by atoms with van der Waals surface area (Å²) < 4.78 is 3.42. The van der Waals surface area contributed by atoms with E-state index < -0.39 is 24.5 Å². The van der Waals surface area contributed by atoms with E-state index in [1.165, 1.54) is 23.7 Å². The second-order valence-electron chi connectivity index (χ2n) is 12.4. The fourth-order valence-corrected chi connectivity index (χ4v) is 5.97. The number of aromatic nitrogens is 8. The Morgan fingerprint density at radius 2 is 1.73 bits per heavy atom. The van der Waals surface area contributed by atoms with Gasteiger partial charge in [-0.2, -0.15) is 10.2 Å². The van der Waals surface area contributed by atoms with Crippen molar-refractivity contribution in [1.82, 2.24) is 44.8 Å². The summed E-state index contributed by atoms with van der Waals surface area (Å²) in [6.45, 7) is -0.0842. The van der Waals surface area contributed by atoms with Crippen LogP contribution in [0, 0.1) is 5.92 Å². The van der Waals surface area contributed by atoms with Crippen molar-refractivity contribution in [2.75, 3.05) is 16.8 Å². The maximum atomic E-state index is 13.3. The average molecular weight is 666 g/mol. The van der Waals surface area contributed by atoms with Gasteiger partial charge in [-0.3, -0.25) is 19.2 Å². The SMILES string of the molecule is Cn1cc(-c2cnc(N(C(=O)NCC(O)(O)O)[C@H]3CC[C@H](Nc4ncc(C(O)(O)O)c(-c5ccn(CC6CCC6)n5)n4)CC3)cn2)cn1. The Balaban J connectivity index is 1.16. The van der Waals surface area contributed by atoms with Crippen molar-refractivity contribution >= 4 is 17.8 Å². The average Bonchev–Trinajstić information content (AvgIpc) is 3.68. The van der Waals surface area contributed by atoms with E-state index in [2.05, 4.69) is 40.8 Å². The summed E-state index contributed by atoms with van der Waals surface area (Å²) in [6.07, 6.45) is 14.9. The number of amides is 2. The molecule has 2 amide bonds. The van der Waals surface area contributed by atoms with Gasteiger partial charge in [0.2, 0.25) is 5.95 Å². The van der Waals surface area contributed by atoms with Crippen molar-refractivity contribution in [3.05, 3.63) is 48.8 Å². The minimum absolute atomic E-state index is 0.0740. The molecular weight excluding hydrogens is 626 g/mol. The van der Waals surface area contributed by atoms with Crippen molar-refractivity contribution in [1.29, 1.82) is 0 Å². The Bertz CT molecular complexity index is 1700. The Kier molecular flexibility index (Phi) is 9.37. The summed E-state index contributed by atoms with van der Waals surface area (Å²) in [4.78, 5) is 32.3. The lowest BCUT2D eigenvalue weighted by Gasteiger charge is -2.36. The van der Waals surface area contributed by atoms with Crippen LogP contribution in [0.4, 0.5) is 16.6 Å². The molecule has 6 rings (SSSR count). The Morgan fingerprint density at radius 1 is 0.958 bits per heavy atom. The molecule has 0 aromatic carbocycles. The molecule has 2 aliphatic carbocycles. The van der Waals surface area contributed by atoms with E-state index in [9.17, 15) is 35.4 Å². The van der Waals surface area contributed by atoms with E-state index in [0.717, 1.165) is 31.1 Å². The molecule has 0 radical (unpaired) electrons. The van der Waals surface area contributed by atoms with Gasteiger partial charge in [-0.25, -0.2) is 19.7 Å². The fourth-order valence-electron chi connectivity index (χ4n) is 5.97. The Hall–Kier alpha value is -4.59. The van der Waals surface area contributed by atoms with Crippen LogP contribution < -0.4 is 15.5 Å². The zero-order chi connectivity index (χ0) is 34.1. The van der Waals surface area contributed by atoms with Gasteiger partial charge >= 0.3 is 12.0 Å².